The van der Waals surface area contributed by atoms with Gasteiger partial charge in [-0.05, 0) is 57.4 Å². The number of nitrogens with zero attached hydrogens (tertiary/aromatic N) is 2. The summed E-state index contributed by atoms with van der Waals surface area (Å²) in [6, 6.07) is 10.7. The molecule has 0 unspecified atom stereocenters. The first-order valence-electron chi connectivity index (χ1n) is 7.88. The van der Waals surface area contributed by atoms with E-state index < -0.39 is 0 Å². The molecular formula is C18H24N4O2. The molecule has 2 rings (SSSR count). The molecule has 1 aromatic heterocycles. The first-order chi connectivity index (χ1) is 11.6. The van der Waals surface area contributed by atoms with Crippen molar-refractivity contribution in [3.63, 3.8) is 0 Å². The van der Waals surface area contributed by atoms with Crippen molar-refractivity contribution in [2.24, 2.45) is 0 Å². The van der Waals surface area contributed by atoms with Crippen LogP contribution in [-0.2, 0) is 0 Å². The second-order valence-corrected chi connectivity index (χ2v) is 5.70. The average molecular weight is 328 g/mol. The Morgan fingerprint density at radius 2 is 2.08 bits per heavy atom. The van der Waals surface area contributed by atoms with Crippen LogP contribution in [0.1, 0.15) is 16.8 Å². The van der Waals surface area contributed by atoms with Gasteiger partial charge in [-0.25, -0.2) is 4.98 Å². The fourth-order valence-electron chi connectivity index (χ4n) is 2.15. The number of aromatic nitrogens is 1. The van der Waals surface area contributed by atoms with Gasteiger partial charge in [-0.3, -0.25) is 4.79 Å². The fraction of sp³-hybridized carbons (Fsp3) is 0.333. The zero-order chi connectivity index (χ0) is 17.4. The van der Waals surface area contributed by atoms with Gasteiger partial charge >= 0.3 is 0 Å². The minimum absolute atomic E-state index is 0.215. The first-order valence-corrected chi connectivity index (χ1v) is 7.88. The van der Waals surface area contributed by atoms with Crippen LogP contribution in [0, 0.1) is 0 Å². The predicted octanol–water partition coefficient (Wildman–Crippen LogP) is 2.71. The van der Waals surface area contributed by atoms with E-state index >= 15 is 0 Å². The monoisotopic (exact) mass is 328 g/mol. The molecule has 0 aliphatic rings. The maximum atomic E-state index is 12.2. The minimum Gasteiger partial charge on any atom is -0.497 e. The maximum Gasteiger partial charge on any atom is 0.256 e. The van der Waals surface area contributed by atoms with E-state index in [1.165, 1.54) is 0 Å². The Labute approximate surface area is 142 Å². The van der Waals surface area contributed by atoms with Crippen molar-refractivity contribution in [3.05, 3.63) is 48.2 Å². The number of rotatable bonds is 8. The molecule has 1 heterocycles. The molecule has 0 bridgehead atoms. The molecule has 2 aromatic rings. The number of hydrogen-bond donors (Lipinski definition) is 2. The summed E-state index contributed by atoms with van der Waals surface area (Å²) in [6.45, 7) is 1.92. The summed E-state index contributed by atoms with van der Waals surface area (Å²) >= 11 is 0. The highest BCUT2D eigenvalue weighted by Crippen LogP contribution is 2.15. The van der Waals surface area contributed by atoms with Crippen molar-refractivity contribution < 1.29 is 9.53 Å². The van der Waals surface area contributed by atoms with E-state index in [0.717, 1.165) is 25.2 Å². The van der Waals surface area contributed by atoms with E-state index in [4.69, 9.17) is 4.74 Å². The van der Waals surface area contributed by atoms with Crippen molar-refractivity contribution in [3.8, 4) is 5.75 Å². The van der Waals surface area contributed by atoms with Gasteiger partial charge in [0, 0.05) is 12.1 Å². The van der Waals surface area contributed by atoms with Gasteiger partial charge in [-0.1, -0.05) is 6.07 Å². The van der Waals surface area contributed by atoms with E-state index in [0.29, 0.717) is 17.1 Å². The second-order valence-electron chi connectivity index (χ2n) is 5.70. The lowest BCUT2D eigenvalue weighted by Crippen LogP contribution is -2.16. The summed E-state index contributed by atoms with van der Waals surface area (Å²) in [6.07, 6.45) is 2.78. The molecule has 128 valence electrons. The molecular weight excluding hydrogens is 304 g/mol. The van der Waals surface area contributed by atoms with Gasteiger partial charge in [0.2, 0.25) is 0 Å². The molecule has 1 amide bonds. The lowest BCUT2D eigenvalue weighted by Gasteiger charge is -2.11. The molecule has 0 saturated carbocycles. The molecule has 0 aliphatic heterocycles. The van der Waals surface area contributed by atoms with Crippen LogP contribution in [0.25, 0.3) is 0 Å². The molecule has 0 saturated heterocycles. The van der Waals surface area contributed by atoms with Gasteiger partial charge in [-0.15, -0.1) is 0 Å². The van der Waals surface area contributed by atoms with E-state index in [-0.39, 0.29) is 5.91 Å². The SMILES string of the molecule is COc1cccc(C(=O)Nc2ccc(NCCCN(C)C)cn2)c1. The van der Waals surface area contributed by atoms with Crippen molar-refractivity contribution in [2.75, 3.05) is 44.9 Å². The Balaban J connectivity index is 1.87. The Hall–Kier alpha value is -2.60. The fourth-order valence-corrected chi connectivity index (χ4v) is 2.15. The van der Waals surface area contributed by atoms with E-state index in [1.54, 1.807) is 43.6 Å². The Morgan fingerprint density at radius 1 is 1.25 bits per heavy atom. The summed E-state index contributed by atoms with van der Waals surface area (Å²) in [5.41, 5.74) is 1.47. The summed E-state index contributed by atoms with van der Waals surface area (Å²) in [7, 11) is 5.69. The summed E-state index contributed by atoms with van der Waals surface area (Å²) in [4.78, 5) is 18.6. The highest BCUT2D eigenvalue weighted by Gasteiger charge is 2.07. The zero-order valence-electron chi connectivity index (χ0n) is 14.4. The van der Waals surface area contributed by atoms with Crippen molar-refractivity contribution in [1.29, 1.82) is 0 Å². The lowest BCUT2D eigenvalue weighted by molar-refractivity contribution is 0.102. The van der Waals surface area contributed by atoms with Crippen LogP contribution in [0.3, 0.4) is 0 Å². The van der Waals surface area contributed by atoms with Crippen molar-refractivity contribution >= 4 is 17.4 Å². The topological polar surface area (TPSA) is 66.5 Å². The number of carbonyl (C=O) groups is 1. The molecule has 1 aromatic carbocycles. The van der Waals surface area contributed by atoms with Crippen LogP contribution in [-0.4, -0.2) is 50.1 Å². The van der Waals surface area contributed by atoms with Gasteiger partial charge < -0.3 is 20.3 Å². The lowest BCUT2D eigenvalue weighted by atomic mass is 10.2. The van der Waals surface area contributed by atoms with E-state index in [1.807, 2.05) is 6.07 Å². The number of nitrogens with one attached hydrogen (secondary N) is 2. The van der Waals surface area contributed by atoms with Crippen LogP contribution in [0.15, 0.2) is 42.6 Å². The number of anilines is 2. The standard InChI is InChI=1S/C18H24N4O2/c1-22(2)11-5-10-19-15-8-9-17(20-13-15)21-18(23)14-6-4-7-16(12-14)24-3/h4,6-9,12-13,19H,5,10-11H2,1-3H3,(H,20,21,23). The largest absolute Gasteiger partial charge is 0.497 e. The zero-order valence-corrected chi connectivity index (χ0v) is 14.4. The maximum absolute atomic E-state index is 12.2. The second kappa shape index (κ2) is 8.88. The molecule has 6 nitrogen and oxygen atoms in total. The molecule has 0 atom stereocenters. The van der Waals surface area contributed by atoms with Gasteiger partial charge in [0.1, 0.15) is 11.6 Å². The van der Waals surface area contributed by atoms with Crippen LogP contribution < -0.4 is 15.4 Å². The quantitative estimate of drug-likeness (QED) is 0.729. The number of hydrogen-bond acceptors (Lipinski definition) is 5. The normalized spacial score (nSPS) is 10.5. The van der Waals surface area contributed by atoms with Gasteiger partial charge in [0.25, 0.3) is 5.91 Å². The van der Waals surface area contributed by atoms with E-state index in [2.05, 4.69) is 34.6 Å². The smallest absolute Gasteiger partial charge is 0.256 e. The Bertz CT molecular complexity index is 656. The van der Waals surface area contributed by atoms with E-state index in [9.17, 15) is 4.79 Å². The van der Waals surface area contributed by atoms with Crippen LogP contribution >= 0.6 is 0 Å². The van der Waals surface area contributed by atoms with Crippen LogP contribution in [0.2, 0.25) is 0 Å². The number of pyridine rings is 1. The third-order valence-corrected chi connectivity index (χ3v) is 3.45. The Morgan fingerprint density at radius 3 is 2.75 bits per heavy atom. The molecule has 0 spiro atoms. The van der Waals surface area contributed by atoms with Crippen LogP contribution in [0.5, 0.6) is 5.75 Å². The summed E-state index contributed by atoms with van der Waals surface area (Å²) < 4.78 is 5.13. The number of ether oxygens (including phenoxy) is 1. The molecule has 0 aliphatic carbocycles. The highest BCUT2D eigenvalue weighted by molar-refractivity contribution is 6.04. The highest BCUT2D eigenvalue weighted by atomic mass is 16.5. The average Bonchev–Trinajstić information content (AvgIpc) is 2.60. The molecule has 6 heteroatoms. The molecule has 0 fully saturated rings. The van der Waals surface area contributed by atoms with Gasteiger partial charge in [0.15, 0.2) is 0 Å². The number of carbonyl (C=O) groups excluding carboxylic acids is 1. The summed E-state index contributed by atoms with van der Waals surface area (Å²) in [5, 5.41) is 6.09. The molecule has 24 heavy (non-hydrogen) atoms. The first kappa shape index (κ1) is 17.7. The van der Waals surface area contributed by atoms with Gasteiger partial charge in [-0.2, -0.15) is 0 Å². The van der Waals surface area contributed by atoms with Crippen molar-refractivity contribution in [2.45, 2.75) is 6.42 Å². The Kier molecular flexibility index (Phi) is 6.57. The third-order valence-electron chi connectivity index (χ3n) is 3.45. The third kappa shape index (κ3) is 5.55. The van der Waals surface area contributed by atoms with Gasteiger partial charge in [0.05, 0.1) is 19.0 Å². The number of amides is 1. The summed E-state index contributed by atoms with van der Waals surface area (Å²) in [5.74, 6) is 0.947. The molecule has 0 radical (unpaired) electrons. The van der Waals surface area contributed by atoms with Crippen molar-refractivity contribution in [1.82, 2.24) is 9.88 Å². The molecule has 2 N–H and O–H groups in total. The number of benzene rings is 1. The number of methoxy groups -OCH3 is 1. The van der Waals surface area contributed by atoms with Crippen LogP contribution in [0.4, 0.5) is 11.5 Å². The predicted molar refractivity (Wildman–Crippen MR) is 96.8 cm³/mol. The minimum atomic E-state index is -0.215.